The number of nitrogens with zero attached hydrogens (tertiary/aromatic N) is 1. The van der Waals surface area contributed by atoms with Crippen LogP contribution in [0.2, 0.25) is 0 Å². The lowest BCUT2D eigenvalue weighted by Gasteiger charge is -2.21. The number of carbonyl (C=O) groups excluding carboxylic acids is 1. The van der Waals surface area contributed by atoms with Gasteiger partial charge in [-0.3, -0.25) is 4.79 Å². The summed E-state index contributed by atoms with van der Waals surface area (Å²) in [6.07, 6.45) is 1.44. The van der Waals surface area contributed by atoms with E-state index >= 15 is 0 Å². The zero-order valence-electron chi connectivity index (χ0n) is 11.8. The van der Waals surface area contributed by atoms with Crippen LogP contribution in [0.4, 0.5) is 0 Å². The van der Waals surface area contributed by atoms with E-state index in [1.807, 2.05) is 35.2 Å². The average molecular weight is 299 g/mol. The topological polar surface area (TPSA) is 55.6 Å². The molecule has 1 saturated heterocycles. The van der Waals surface area contributed by atoms with Gasteiger partial charge < -0.3 is 15.4 Å². The molecule has 1 heterocycles. The fraction of sp³-hybridized carbons (Fsp3) is 0.533. The monoisotopic (exact) mass is 298 g/mol. The minimum Gasteiger partial charge on any atom is -0.493 e. The van der Waals surface area contributed by atoms with Gasteiger partial charge in [-0.15, -0.1) is 12.4 Å². The van der Waals surface area contributed by atoms with E-state index in [1.165, 1.54) is 0 Å². The highest BCUT2D eigenvalue weighted by atomic mass is 35.5. The maximum atomic E-state index is 12.1. The number of nitrogens with two attached hydrogens (primary N) is 1. The Kier molecular flexibility index (Phi) is 6.82. The van der Waals surface area contributed by atoms with E-state index in [0.29, 0.717) is 31.5 Å². The standard InChI is InChI=1S/C15H22N2O2.ClH/c1-12-9-13(10-16)11-17(12)15(18)7-8-19-14-5-3-2-4-6-14;/h2-6,12-13H,7-11,16H2,1H3;1H. The molecule has 0 aliphatic carbocycles. The maximum Gasteiger partial charge on any atom is 0.226 e. The lowest BCUT2D eigenvalue weighted by Crippen LogP contribution is -2.35. The van der Waals surface area contributed by atoms with Crippen LogP contribution < -0.4 is 10.5 Å². The molecule has 0 radical (unpaired) electrons. The lowest BCUT2D eigenvalue weighted by molar-refractivity contribution is -0.132. The van der Waals surface area contributed by atoms with Gasteiger partial charge in [0, 0.05) is 12.6 Å². The first-order valence-corrected chi connectivity index (χ1v) is 6.88. The second kappa shape index (κ2) is 8.12. The van der Waals surface area contributed by atoms with Gasteiger partial charge in [0.15, 0.2) is 0 Å². The van der Waals surface area contributed by atoms with Crippen molar-refractivity contribution in [1.82, 2.24) is 4.90 Å². The summed E-state index contributed by atoms with van der Waals surface area (Å²) in [5.74, 6) is 1.43. The van der Waals surface area contributed by atoms with Crippen molar-refractivity contribution in [3.05, 3.63) is 30.3 Å². The second-order valence-electron chi connectivity index (χ2n) is 5.14. The van der Waals surface area contributed by atoms with Gasteiger partial charge in [-0.2, -0.15) is 0 Å². The summed E-state index contributed by atoms with van der Waals surface area (Å²) in [6.45, 7) is 3.97. The van der Waals surface area contributed by atoms with Crippen molar-refractivity contribution < 1.29 is 9.53 Å². The second-order valence-corrected chi connectivity index (χ2v) is 5.14. The van der Waals surface area contributed by atoms with E-state index in [4.69, 9.17) is 10.5 Å². The number of hydrogen-bond acceptors (Lipinski definition) is 3. The van der Waals surface area contributed by atoms with Crippen molar-refractivity contribution >= 4 is 18.3 Å². The highest BCUT2D eigenvalue weighted by Crippen LogP contribution is 2.22. The van der Waals surface area contributed by atoms with Crippen LogP contribution in [0.5, 0.6) is 5.75 Å². The summed E-state index contributed by atoms with van der Waals surface area (Å²) in [5, 5.41) is 0. The van der Waals surface area contributed by atoms with E-state index in [2.05, 4.69) is 6.92 Å². The minimum atomic E-state index is 0. The van der Waals surface area contributed by atoms with E-state index < -0.39 is 0 Å². The molecule has 5 heteroatoms. The van der Waals surface area contributed by atoms with Crippen LogP contribution in [0.3, 0.4) is 0 Å². The Morgan fingerprint density at radius 2 is 2.10 bits per heavy atom. The van der Waals surface area contributed by atoms with E-state index in [9.17, 15) is 4.79 Å². The van der Waals surface area contributed by atoms with Gasteiger partial charge in [0.05, 0.1) is 13.0 Å². The van der Waals surface area contributed by atoms with Gasteiger partial charge >= 0.3 is 0 Å². The third kappa shape index (κ3) is 4.39. The molecule has 1 aromatic rings. The molecule has 1 fully saturated rings. The molecule has 2 atom stereocenters. The van der Waals surface area contributed by atoms with Crippen LogP contribution in [-0.2, 0) is 4.79 Å². The van der Waals surface area contributed by atoms with Gasteiger partial charge in [-0.05, 0) is 37.9 Å². The molecule has 2 unspecified atom stereocenters. The smallest absolute Gasteiger partial charge is 0.226 e. The van der Waals surface area contributed by atoms with Crippen molar-refractivity contribution in [3.8, 4) is 5.75 Å². The molecule has 1 aromatic carbocycles. The molecule has 0 saturated carbocycles. The molecule has 1 aliphatic heterocycles. The zero-order chi connectivity index (χ0) is 13.7. The highest BCUT2D eigenvalue weighted by molar-refractivity contribution is 5.85. The molecule has 2 rings (SSSR count). The van der Waals surface area contributed by atoms with Crippen molar-refractivity contribution in [3.63, 3.8) is 0 Å². The summed E-state index contributed by atoms with van der Waals surface area (Å²) in [6, 6.07) is 9.88. The number of likely N-dealkylation sites (tertiary alicyclic amines) is 1. The third-order valence-electron chi connectivity index (χ3n) is 3.64. The number of rotatable bonds is 5. The molecule has 0 aromatic heterocycles. The predicted molar refractivity (Wildman–Crippen MR) is 82.1 cm³/mol. The van der Waals surface area contributed by atoms with E-state index in [-0.39, 0.29) is 18.3 Å². The fourth-order valence-corrected chi connectivity index (χ4v) is 2.58. The molecule has 1 aliphatic rings. The number of amides is 1. The summed E-state index contributed by atoms with van der Waals surface area (Å²) >= 11 is 0. The number of ether oxygens (including phenoxy) is 1. The molecule has 20 heavy (non-hydrogen) atoms. The number of carbonyl (C=O) groups is 1. The largest absolute Gasteiger partial charge is 0.493 e. The van der Waals surface area contributed by atoms with Crippen molar-refractivity contribution in [1.29, 1.82) is 0 Å². The summed E-state index contributed by atoms with van der Waals surface area (Å²) in [4.78, 5) is 14.0. The number of halogens is 1. The molecule has 0 bridgehead atoms. The minimum absolute atomic E-state index is 0. The van der Waals surface area contributed by atoms with E-state index in [0.717, 1.165) is 18.7 Å². The number of para-hydroxylation sites is 1. The van der Waals surface area contributed by atoms with Gasteiger partial charge in [-0.25, -0.2) is 0 Å². The van der Waals surface area contributed by atoms with Crippen LogP contribution in [-0.4, -0.2) is 36.5 Å². The molecule has 4 nitrogen and oxygen atoms in total. The quantitative estimate of drug-likeness (QED) is 0.905. The van der Waals surface area contributed by atoms with Crippen molar-refractivity contribution in [2.24, 2.45) is 11.7 Å². The summed E-state index contributed by atoms with van der Waals surface area (Å²) < 4.78 is 5.55. The average Bonchev–Trinajstić information content (AvgIpc) is 2.81. The van der Waals surface area contributed by atoms with Gasteiger partial charge in [0.1, 0.15) is 5.75 Å². The molecule has 2 N–H and O–H groups in total. The SMILES string of the molecule is CC1CC(CN)CN1C(=O)CCOc1ccccc1.Cl. The fourth-order valence-electron chi connectivity index (χ4n) is 2.58. The van der Waals surface area contributed by atoms with Gasteiger partial charge in [0.25, 0.3) is 0 Å². The maximum absolute atomic E-state index is 12.1. The third-order valence-corrected chi connectivity index (χ3v) is 3.64. The summed E-state index contributed by atoms with van der Waals surface area (Å²) in [7, 11) is 0. The first kappa shape index (κ1) is 16.8. The molecule has 0 spiro atoms. The number of benzene rings is 1. The molecular formula is C15H23ClN2O2. The number of hydrogen-bond donors (Lipinski definition) is 1. The van der Waals surface area contributed by atoms with Crippen molar-refractivity contribution in [2.45, 2.75) is 25.8 Å². The Hall–Kier alpha value is -1.26. The molecule has 112 valence electrons. The van der Waals surface area contributed by atoms with Gasteiger partial charge in [0.2, 0.25) is 5.91 Å². The Bertz CT molecular complexity index is 414. The lowest BCUT2D eigenvalue weighted by atomic mass is 10.1. The van der Waals surface area contributed by atoms with Crippen LogP contribution in [0.1, 0.15) is 19.8 Å². The van der Waals surface area contributed by atoms with E-state index in [1.54, 1.807) is 0 Å². The predicted octanol–water partition coefficient (Wildman–Crippen LogP) is 2.07. The van der Waals surface area contributed by atoms with Crippen LogP contribution in [0.25, 0.3) is 0 Å². The Balaban J connectivity index is 0.00000200. The Labute approximate surface area is 126 Å². The normalized spacial score (nSPS) is 21.4. The Morgan fingerprint density at radius 3 is 2.70 bits per heavy atom. The molecular weight excluding hydrogens is 276 g/mol. The van der Waals surface area contributed by atoms with Crippen molar-refractivity contribution in [2.75, 3.05) is 19.7 Å². The highest BCUT2D eigenvalue weighted by Gasteiger charge is 2.31. The molecule has 1 amide bonds. The van der Waals surface area contributed by atoms with Crippen LogP contribution >= 0.6 is 12.4 Å². The Morgan fingerprint density at radius 1 is 1.40 bits per heavy atom. The first-order valence-electron chi connectivity index (χ1n) is 6.88. The van der Waals surface area contributed by atoms with Crippen LogP contribution in [0, 0.1) is 5.92 Å². The van der Waals surface area contributed by atoms with Crippen LogP contribution in [0.15, 0.2) is 30.3 Å². The zero-order valence-corrected chi connectivity index (χ0v) is 12.6. The van der Waals surface area contributed by atoms with Gasteiger partial charge in [-0.1, -0.05) is 18.2 Å². The first-order chi connectivity index (χ1) is 9.20. The summed E-state index contributed by atoms with van der Waals surface area (Å²) in [5.41, 5.74) is 5.67.